The fourth-order valence-corrected chi connectivity index (χ4v) is 2.33. The van der Waals surface area contributed by atoms with Crippen LogP contribution in [0.3, 0.4) is 0 Å². The van der Waals surface area contributed by atoms with E-state index in [0.717, 1.165) is 23.5 Å². The molecule has 0 spiro atoms. The number of rotatable bonds is 1. The van der Waals surface area contributed by atoms with Crippen molar-refractivity contribution in [2.45, 2.75) is 6.18 Å². The van der Waals surface area contributed by atoms with Crippen molar-refractivity contribution in [3.05, 3.63) is 34.7 Å². The van der Waals surface area contributed by atoms with Crippen molar-refractivity contribution in [3.63, 3.8) is 0 Å². The van der Waals surface area contributed by atoms with Crippen LogP contribution in [-0.4, -0.2) is 5.97 Å². The highest BCUT2D eigenvalue weighted by atomic mass is 32.1. The van der Waals surface area contributed by atoms with Crippen molar-refractivity contribution in [1.82, 2.24) is 0 Å². The second kappa shape index (κ2) is 3.48. The molecule has 16 heavy (non-hydrogen) atoms. The lowest BCUT2D eigenvalue weighted by Gasteiger charge is -2.06. The molecule has 0 N–H and O–H groups in total. The van der Waals surface area contributed by atoms with Gasteiger partial charge in [0.25, 0.3) is 0 Å². The summed E-state index contributed by atoms with van der Waals surface area (Å²) in [5.74, 6) is -1.46. The monoisotopic (exact) mass is 245 g/mol. The lowest BCUT2D eigenvalue weighted by molar-refractivity contribution is -0.254. The average Bonchev–Trinajstić information content (AvgIpc) is 2.58. The highest BCUT2D eigenvalue weighted by Crippen LogP contribution is 2.37. The predicted molar refractivity (Wildman–Crippen MR) is 51.2 cm³/mol. The maximum absolute atomic E-state index is 12.6. The van der Waals surface area contributed by atoms with Crippen molar-refractivity contribution in [3.8, 4) is 0 Å². The van der Waals surface area contributed by atoms with Crippen LogP contribution in [0.1, 0.15) is 15.2 Å². The third-order valence-corrected chi connectivity index (χ3v) is 3.15. The van der Waals surface area contributed by atoms with Gasteiger partial charge in [0.1, 0.15) is 0 Å². The summed E-state index contributed by atoms with van der Waals surface area (Å²) < 4.78 is 38.0. The Morgan fingerprint density at radius 1 is 1.31 bits per heavy atom. The van der Waals surface area contributed by atoms with Gasteiger partial charge in [0.2, 0.25) is 0 Å². The van der Waals surface area contributed by atoms with Crippen LogP contribution < -0.4 is 5.11 Å². The minimum Gasteiger partial charge on any atom is -0.544 e. The first-order valence-corrected chi connectivity index (χ1v) is 5.02. The van der Waals surface area contributed by atoms with Crippen LogP contribution in [0, 0.1) is 0 Å². The number of aromatic carboxylic acids is 1. The summed E-state index contributed by atoms with van der Waals surface area (Å²) in [4.78, 5) is 10.3. The molecule has 1 aromatic carbocycles. The number of benzene rings is 1. The third kappa shape index (κ3) is 1.76. The van der Waals surface area contributed by atoms with E-state index < -0.39 is 17.7 Å². The van der Waals surface area contributed by atoms with Crippen molar-refractivity contribution in [1.29, 1.82) is 0 Å². The SMILES string of the molecule is O=C([O-])c1cc2c(C(F)(F)F)cccc2s1. The molecule has 0 aliphatic heterocycles. The number of carbonyl (C=O) groups excluding carboxylic acids is 1. The molecule has 2 rings (SSSR count). The Labute approximate surface area is 91.9 Å². The molecular weight excluding hydrogens is 241 g/mol. The number of thiophene rings is 1. The summed E-state index contributed by atoms with van der Waals surface area (Å²) >= 11 is 0.774. The van der Waals surface area contributed by atoms with Gasteiger partial charge in [-0.3, -0.25) is 0 Å². The van der Waals surface area contributed by atoms with Gasteiger partial charge in [-0.1, -0.05) is 6.07 Å². The Morgan fingerprint density at radius 2 is 2.00 bits per heavy atom. The summed E-state index contributed by atoms with van der Waals surface area (Å²) in [6, 6.07) is 4.62. The standard InChI is InChI=1S/C10H5F3O2S/c11-10(12,13)6-2-1-3-7-5(6)4-8(16-7)9(14)15/h1-4H,(H,14,15)/p-1. The Kier molecular flexibility index (Phi) is 2.38. The van der Waals surface area contributed by atoms with Gasteiger partial charge in [-0.15, -0.1) is 11.3 Å². The third-order valence-electron chi connectivity index (χ3n) is 2.07. The van der Waals surface area contributed by atoms with E-state index in [1.165, 1.54) is 12.1 Å². The summed E-state index contributed by atoms with van der Waals surface area (Å²) in [6.45, 7) is 0. The number of fused-ring (bicyclic) bond motifs is 1. The zero-order valence-corrected chi connectivity index (χ0v) is 8.48. The van der Waals surface area contributed by atoms with E-state index in [9.17, 15) is 23.1 Å². The van der Waals surface area contributed by atoms with Gasteiger partial charge in [-0.2, -0.15) is 13.2 Å². The quantitative estimate of drug-likeness (QED) is 0.773. The van der Waals surface area contributed by atoms with Crippen LogP contribution in [0.25, 0.3) is 10.1 Å². The number of carboxylic acid groups (broad SMARTS) is 1. The molecule has 0 aliphatic carbocycles. The molecule has 2 aromatic rings. The fraction of sp³-hybridized carbons (Fsp3) is 0.100. The molecule has 1 aromatic heterocycles. The fourth-order valence-electron chi connectivity index (χ4n) is 1.41. The Bertz CT molecular complexity index is 557. The molecular formula is C10H4F3O2S-. The highest BCUT2D eigenvalue weighted by molar-refractivity contribution is 7.20. The Hall–Kier alpha value is -1.56. The molecule has 0 amide bonds. The highest BCUT2D eigenvalue weighted by Gasteiger charge is 2.32. The van der Waals surface area contributed by atoms with E-state index in [4.69, 9.17) is 0 Å². The lowest BCUT2D eigenvalue weighted by Crippen LogP contribution is -2.20. The predicted octanol–water partition coefficient (Wildman–Crippen LogP) is 2.28. The van der Waals surface area contributed by atoms with Crippen molar-refractivity contribution in [2.75, 3.05) is 0 Å². The van der Waals surface area contributed by atoms with Crippen LogP contribution in [0.15, 0.2) is 24.3 Å². The van der Waals surface area contributed by atoms with E-state index in [-0.39, 0.29) is 15.0 Å². The minimum absolute atomic E-state index is 0.0980. The molecule has 0 bridgehead atoms. The maximum Gasteiger partial charge on any atom is 0.417 e. The number of carbonyl (C=O) groups is 1. The Balaban J connectivity index is 2.73. The summed E-state index contributed by atoms with van der Waals surface area (Å²) in [7, 11) is 0. The van der Waals surface area contributed by atoms with Crippen LogP contribution in [-0.2, 0) is 6.18 Å². The number of hydrogen-bond acceptors (Lipinski definition) is 3. The number of hydrogen-bond donors (Lipinski definition) is 0. The normalized spacial score (nSPS) is 11.9. The Morgan fingerprint density at radius 3 is 2.56 bits per heavy atom. The second-order valence-electron chi connectivity index (χ2n) is 3.11. The van der Waals surface area contributed by atoms with Crippen molar-refractivity contribution < 1.29 is 23.1 Å². The van der Waals surface area contributed by atoms with Gasteiger partial charge in [0, 0.05) is 10.1 Å². The molecule has 1 heterocycles. The number of alkyl halides is 3. The first-order chi connectivity index (χ1) is 7.39. The van der Waals surface area contributed by atoms with Gasteiger partial charge in [-0.25, -0.2) is 0 Å². The van der Waals surface area contributed by atoms with Crippen LogP contribution in [0.4, 0.5) is 13.2 Å². The first kappa shape index (κ1) is 10.9. The smallest absolute Gasteiger partial charge is 0.417 e. The molecule has 2 nitrogen and oxygen atoms in total. The zero-order valence-electron chi connectivity index (χ0n) is 7.67. The van der Waals surface area contributed by atoms with E-state index >= 15 is 0 Å². The lowest BCUT2D eigenvalue weighted by atomic mass is 10.1. The van der Waals surface area contributed by atoms with Gasteiger partial charge in [0.05, 0.1) is 16.4 Å². The van der Waals surface area contributed by atoms with E-state index in [1.807, 2.05) is 0 Å². The summed E-state index contributed by atoms with van der Waals surface area (Å²) in [5, 5.41) is 10.5. The number of carboxylic acids is 1. The maximum atomic E-state index is 12.6. The van der Waals surface area contributed by atoms with Gasteiger partial charge >= 0.3 is 6.18 Å². The van der Waals surface area contributed by atoms with Gasteiger partial charge in [0.15, 0.2) is 0 Å². The van der Waals surface area contributed by atoms with E-state index in [1.54, 1.807) is 0 Å². The van der Waals surface area contributed by atoms with Crippen LogP contribution in [0.2, 0.25) is 0 Å². The van der Waals surface area contributed by atoms with Crippen LogP contribution in [0.5, 0.6) is 0 Å². The topological polar surface area (TPSA) is 40.1 Å². The molecule has 0 fully saturated rings. The summed E-state index contributed by atoms with van der Waals surface area (Å²) in [5.41, 5.74) is -0.825. The van der Waals surface area contributed by atoms with Crippen molar-refractivity contribution >= 4 is 27.4 Å². The molecule has 0 atom stereocenters. The first-order valence-electron chi connectivity index (χ1n) is 4.20. The van der Waals surface area contributed by atoms with E-state index in [0.29, 0.717) is 0 Å². The molecule has 0 aliphatic rings. The molecule has 0 radical (unpaired) electrons. The number of halogens is 3. The minimum atomic E-state index is -4.48. The second-order valence-corrected chi connectivity index (χ2v) is 4.20. The molecule has 0 saturated heterocycles. The molecule has 0 saturated carbocycles. The molecule has 6 heteroatoms. The van der Waals surface area contributed by atoms with E-state index in [2.05, 4.69) is 0 Å². The zero-order chi connectivity index (χ0) is 11.9. The molecule has 84 valence electrons. The average molecular weight is 245 g/mol. The summed E-state index contributed by atoms with van der Waals surface area (Å²) in [6.07, 6.45) is -4.48. The van der Waals surface area contributed by atoms with Gasteiger partial charge < -0.3 is 9.90 Å². The molecule has 0 unspecified atom stereocenters. The van der Waals surface area contributed by atoms with Crippen LogP contribution >= 0.6 is 11.3 Å². The van der Waals surface area contributed by atoms with Crippen molar-refractivity contribution in [2.24, 2.45) is 0 Å². The van der Waals surface area contributed by atoms with Gasteiger partial charge in [-0.05, 0) is 18.2 Å². The largest absolute Gasteiger partial charge is 0.544 e.